The highest BCUT2D eigenvalue weighted by molar-refractivity contribution is 5.56. The molecule has 0 spiro atoms. The van der Waals surface area contributed by atoms with Crippen molar-refractivity contribution in [3.05, 3.63) is 23.0 Å². The van der Waals surface area contributed by atoms with Crippen molar-refractivity contribution in [2.45, 2.75) is 32.4 Å². The number of anilines is 1. The number of nitrogens with two attached hydrogens (primary N) is 1. The van der Waals surface area contributed by atoms with Crippen LogP contribution in [0.3, 0.4) is 0 Å². The summed E-state index contributed by atoms with van der Waals surface area (Å²) in [5.41, 5.74) is 3.86. The summed E-state index contributed by atoms with van der Waals surface area (Å²) in [6.45, 7) is 3.40. The number of hydrogen-bond donors (Lipinski definition) is 1. The van der Waals surface area contributed by atoms with Crippen molar-refractivity contribution in [1.82, 2.24) is 4.98 Å². The van der Waals surface area contributed by atoms with Gasteiger partial charge in [-0.3, -0.25) is 0 Å². The van der Waals surface area contributed by atoms with Gasteiger partial charge in [-0.15, -0.1) is 0 Å². The van der Waals surface area contributed by atoms with Crippen molar-refractivity contribution in [1.29, 1.82) is 5.26 Å². The number of halogens is 3. The molecular formula is C11H12F3N3. The van der Waals surface area contributed by atoms with Crippen LogP contribution in [0.5, 0.6) is 0 Å². The predicted octanol–water partition coefficient (Wildman–Crippen LogP) is 3.07. The van der Waals surface area contributed by atoms with Crippen LogP contribution in [0.15, 0.2) is 6.20 Å². The fourth-order valence-electron chi connectivity index (χ4n) is 1.65. The van der Waals surface area contributed by atoms with Gasteiger partial charge < -0.3 is 5.73 Å². The first-order chi connectivity index (χ1) is 7.82. The third-order valence-electron chi connectivity index (χ3n) is 2.64. The molecule has 0 aliphatic heterocycles. The number of alkyl halides is 3. The zero-order valence-corrected chi connectivity index (χ0v) is 9.47. The van der Waals surface area contributed by atoms with E-state index in [1.807, 2.05) is 0 Å². The molecular weight excluding hydrogens is 231 g/mol. The average Bonchev–Trinajstić information content (AvgIpc) is 2.26. The Hall–Kier alpha value is -1.77. The topological polar surface area (TPSA) is 62.7 Å². The molecule has 6 heteroatoms. The summed E-state index contributed by atoms with van der Waals surface area (Å²) in [6.07, 6.45) is -3.01. The van der Waals surface area contributed by atoms with E-state index in [-0.39, 0.29) is 17.2 Å². The molecule has 0 aliphatic rings. The molecule has 17 heavy (non-hydrogen) atoms. The number of nitrogen functional groups attached to an aromatic ring is 1. The first kappa shape index (κ1) is 13.3. The summed E-state index contributed by atoms with van der Waals surface area (Å²) >= 11 is 0. The highest BCUT2D eigenvalue weighted by Crippen LogP contribution is 2.40. The predicted molar refractivity (Wildman–Crippen MR) is 57.1 cm³/mol. The lowest BCUT2D eigenvalue weighted by Gasteiger charge is -2.19. The molecule has 0 radical (unpaired) electrons. The minimum absolute atomic E-state index is 0.0225. The fraction of sp³-hybridized carbons (Fsp3) is 0.455. The summed E-state index contributed by atoms with van der Waals surface area (Å²) < 4.78 is 38.8. The largest absolute Gasteiger partial charge is 0.419 e. The van der Waals surface area contributed by atoms with Gasteiger partial charge in [-0.1, -0.05) is 13.8 Å². The Kier molecular flexibility index (Phi) is 3.61. The number of nitrogens with zero attached hydrogens (tertiary/aromatic N) is 2. The van der Waals surface area contributed by atoms with Gasteiger partial charge in [0.15, 0.2) is 5.69 Å². The van der Waals surface area contributed by atoms with Crippen LogP contribution >= 0.6 is 0 Å². The van der Waals surface area contributed by atoms with E-state index in [9.17, 15) is 13.2 Å². The van der Waals surface area contributed by atoms with Crippen LogP contribution in [0.1, 0.15) is 43.0 Å². The van der Waals surface area contributed by atoms with Crippen LogP contribution in [-0.4, -0.2) is 4.98 Å². The zero-order chi connectivity index (χ0) is 13.2. The number of rotatable bonds is 2. The third-order valence-corrected chi connectivity index (χ3v) is 2.64. The maximum atomic E-state index is 12.9. The molecule has 0 fully saturated rings. The molecule has 1 unspecified atom stereocenters. The highest BCUT2D eigenvalue weighted by atomic mass is 19.4. The van der Waals surface area contributed by atoms with Crippen molar-refractivity contribution in [3.8, 4) is 6.07 Å². The lowest BCUT2D eigenvalue weighted by molar-refractivity contribution is -0.138. The van der Waals surface area contributed by atoms with E-state index in [4.69, 9.17) is 11.0 Å². The first-order valence-electron chi connectivity index (χ1n) is 5.08. The second kappa shape index (κ2) is 4.62. The smallest absolute Gasteiger partial charge is 0.397 e. The molecule has 0 saturated carbocycles. The Balaban J connectivity index is 3.61. The van der Waals surface area contributed by atoms with Crippen LogP contribution < -0.4 is 5.73 Å². The second-order valence-corrected chi connectivity index (χ2v) is 3.77. The monoisotopic (exact) mass is 243 g/mol. The van der Waals surface area contributed by atoms with Crippen molar-refractivity contribution < 1.29 is 13.2 Å². The van der Waals surface area contributed by atoms with Crippen LogP contribution in [0, 0.1) is 11.3 Å². The molecule has 0 saturated heterocycles. The zero-order valence-electron chi connectivity index (χ0n) is 9.47. The van der Waals surface area contributed by atoms with Gasteiger partial charge >= 0.3 is 6.18 Å². The molecule has 1 heterocycles. The molecule has 1 rings (SSSR count). The molecule has 1 aromatic rings. The number of pyridine rings is 1. The van der Waals surface area contributed by atoms with Crippen LogP contribution in [-0.2, 0) is 6.18 Å². The lowest BCUT2D eigenvalue weighted by atomic mass is 9.91. The molecule has 0 aromatic carbocycles. The van der Waals surface area contributed by atoms with E-state index in [1.165, 1.54) is 6.07 Å². The minimum atomic E-state index is -4.62. The Bertz CT molecular complexity index is 460. The first-order valence-corrected chi connectivity index (χ1v) is 5.08. The molecule has 2 N–H and O–H groups in total. The van der Waals surface area contributed by atoms with Crippen molar-refractivity contribution in [2.24, 2.45) is 0 Å². The van der Waals surface area contributed by atoms with E-state index in [0.29, 0.717) is 6.42 Å². The second-order valence-electron chi connectivity index (χ2n) is 3.77. The van der Waals surface area contributed by atoms with Crippen molar-refractivity contribution in [2.75, 3.05) is 5.73 Å². The van der Waals surface area contributed by atoms with Gasteiger partial charge in [-0.2, -0.15) is 18.4 Å². The standard InChI is InChI=1S/C11H12F3N3/c1-3-6(2)9-7(16)5-17-8(4-15)10(9)11(12,13)14/h5-6H,3,16H2,1-2H3. The van der Waals surface area contributed by atoms with Crippen molar-refractivity contribution >= 4 is 5.69 Å². The summed E-state index contributed by atoms with van der Waals surface area (Å²) in [5.74, 6) is -0.373. The van der Waals surface area contributed by atoms with Gasteiger partial charge in [-0.25, -0.2) is 4.98 Å². The molecule has 1 aromatic heterocycles. The van der Waals surface area contributed by atoms with Gasteiger partial charge in [0, 0.05) is 0 Å². The minimum Gasteiger partial charge on any atom is -0.397 e. The van der Waals surface area contributed by atoms with Crippen LogP contribution in [0.2, 0.25) is 0 Å². The maximum absolute atomic E-state index is 12.9. The van der Waals surface area contributed by atoms with E-state index >= 15 is 0 Å². The lowest BCUT2D eigenvalue weighted by Crippen LogP contribution is -2.16. The molecule has 0 amide bonds. The normalized spacial score (nSPS) is 13.2. The maximum Gasteiger partial charge on any atom is 0.419 e. The van der Waals surface area contributed by atoms with E-state index in [0.717, 1.165) is 6.20 Å². The van der Waals surface area contributed by atoms with Gasteiger partial charge in [0.05, 0.1) is 17.4 Å². The van der Waals surface area contributed by atoms with E-state index < -0.39 is 17.4 Å². The van der Waals surface area contributed by atoms with E-state index in [1.54, 1.807) is 13.8 Å². The summed E-state index contributed by atoms with van der Waals surface area (Å²) in [7, 11) is 0. The van der Waals surface area contributed by atoms with E-state index in [2.05, 4.69) is 4.98 Å². The molecule has 0 aliphatic carbocycles. The molecule has 92 valence electrons. The molecule has 1 atom stereocenters. The Morgan fingerprint density at radius 2 is 2.12 bits per heavy atom. The highest BCUT2D eigenvalue weighted by Gasteiger charge is 2.39. The number of nitriles is 1. The Labute approximate surface area is 97.1 Å². The number of aromatic nitrogens is 1. The number of hydrogen-bond acceptors (Lipinski definition) is 3. The quantitative estimate of drug-likeness (QED) is 0.868. The summed E-state index contributed by atoms with van der Waals surface area (Å²) in [6, 6.07) is 1.46. The average molecular weight is 243 g/mol. The van der Waals surface area contributed by atoms with Gasteiger partial charge in [0.1, 0.15) is 6.07 Å². The SMILES string of the molecule is CCC(C)c1c(N)cnc(C#N)c1C(F)(F)F. The van der Waals surface area contributed by atoms with Crippen molar-refractivity contribution in [3.63, 3.8) is 0 Å². The summed E-state index contributed by atoms with van der Waals surface area (Å²) in [4.78, 5) is 3.43. The van der Waals surface area contributed by atoms with Gasteiger partial charge in [0.25, 0.3) is 0 Å². The molecule has 0 bridgehead atoms. The molecule has 3 nitrogen and oxygen atoms in total. The Morgan fingerprint density at radius 1 is 1.53 bits per heavy atom. The van der Waals surface area contributed by atoms with Crippen LogP contribution in [0.4, 0.5) is 18.9 Å². The van der Waals surface area contributed by atoms with Crippen LogP contribution in [0.25, 0.3) is 0 Å². The summed E-state index contributed by atoms with van der Waals surface area (Å²) in [5, 5.41) is 8.70. The third kappa shape index (κ3) is 2.49. The van der Waals surface area contributed by atoms with Gasteiger partial charge in [-0.05, 0) is 17.9 Å². The fourth-order valence-corrected chi connectivity index (χ4v) is 1.65. The van der Waals surface area contributed by atoms with Gasteiger partial charge in [0.2, 0.25) is 0 Å². The Morgan fingerprint density at radius 3 is 2.53 bits per heavy atom.